The van der Waals surface area contributed by atoms with Crippen molar-refractivity contribution in [2.24, 2.45) is 12.8 Å². The number of nitrogens with two attached hydrogens (primary N) is 1. The van der Waals surface area contributed by atoms with Crippen LogP contribution in [0.3, 0.4) is 0 Å². The zero-order valence-electron chi connectivity index (χ0n) is 7.78. The van der Waals surface area contributed by atoms with Gasteiger partial charge in [-0.05, 0) is 26.0 Å². The third-order valence-electron chi connectivity index (χ3n) is 1.70. The Labute approximate surface area is 72.9 Å². The van der Waals surface area contributed by atoms with Gasteiger partial charge in [-0.25, -0.2) is 0 Å². The fourth-order valence-corrected chi connectivity index (χ4v) is 0.920. The van der Waals surface area contributed by atoms with Crippen molar-refractivity contribution >= 4 is 6.08 Å². The van der Waals surface area contributed by atoms with Gasteiger partial charge in [-0.15, -0.1) is 0 Å². The Morgan fingerprint density at radius 2 is 2.33 bits per heavy atom. The normalized spacial score (nSPS) is 14.0. The SMILES string of the molecule is Cc1cc(/C=C/C(C)N)nn1C. The molecule has 0 aliphatic carbocycles. The zero-order valence-corrected chi connectivity index (χ0v) is 7.78. The van der Waals surface area contributed by atoms with Crippen LogP contribution < -0.4 is 5.73 Å². The Morgan fingerprint density at radius 1 is 1.67 bits per heavy atom. The smallest absolute Gasteiger partial charge is 0.0850 e. The summed E-state index contributed by atoms with van der Waals surface area (Å²) in [5.41, 5.74) is 7.68. The molecule has 0 aromatic carbocycles. The van der Waals surface area contributed by atoms with Crippen molar-refractivity contribution < 1.29 is 0 Å². The number of aryl methyl sites for hydroxylation is 2. The van der Waals surface area contributed by atoms with Gasteiger partial charge in [0.05, 0.1) is 5.69 Å². The summed E-state index contributed by atoms with van der Waals surface area (Å²) in [7, 11) is 1.93. The molecule has 0 saturated carbocycles. The molecule has 1 aromatic rings. The summed E-state index contributed by atoms with van der Waals surface area (Å²) in [6.45, 7) is 3.96. The molecular weight excluding hydrogens is 150 g/mol. The van der Waals surface area contributed by atoms with Crippen molar-refractivity contribution in [1.82, 2.24) is 9.78 Å². The van der Waals surface area contributed by atoms with E-state index in [0.717, 1.165) is 11.4 Å². The van der Waals surface area contributed by atoms with Gasteiger partial charge in [0.2, 0.25) is 0 Å². The van der Waals surface area contributed by atoms with E-state index in [9.17, 15) is 0 Å². The molecule has 1 heterocycles. The third-order valence-corrected chi connectivity index (χ3v) is 1.70. The maximum absolute atomic E-state index is 5.56. The Balaban J connectivity index is 2.77. The lowest BCUT2D eigenvalue weighted by molar-refractivity contribution is 0.737. The number of hydrogen-bond donors (Lipinski definition) is 1. The molecule has 3 heteroatoms. The van der Waals surface area contributed by atoms with E-state index in [-0.39, 0.29) is 6.04 Å². The lowest BCUT2D eigenvalue weighted by atomic mass is 10.3. The molecule has 66 valence electrons. The van der Waals surface area contributed by atoms with E-state index in [2.05, 4.69) is 5.10 Å². The quantitative estimate of drug-likeness (QED) is 0.713. The molecular formula is C9H15N3. The highest BCUT2D eigenvalue weighted by atomic mass is 15.3. The van der Waals surface area contributed by atoms with Gasteiger partial charge in [0.15, 0.2) is 0 Å². The molecule has 0 fully saturated rings. The monoisotopic (exact) mass is 165 g/mol. The molecule has 2 N–H and O–H groups in total. The summed E-state index contributed by atoms with van der Waals surface area (Å²) in [5, 5.41) is 4.26. The van der Waals surface area contributed by atoms with E-state index in [1.54, 1.807) is 0 Å². The average Bonchev–Trinajstić information content (AvgIpc) is 2.28. The molecule has 0 amide bonds. The second kappa shape index (κ2) is 3.54. The minimum atomic E-state index is 0.0901. The Morgan fingerprint density at radius 3 is 2.75 bits per heavy atom. The fraction of sp³-hybridized carbons (Fsp3) is 0.444. The van der Waals surface area contributed by atoms with E-state index in [1.807, 2.05) is 43.8 Å². The Hall–Kier alpha value is -1.09. The van der Waals surface area contributed by atoms with Crippen LogP contribution in [0.1, 0.15) is 18.3 Å². The summed E-state index contributed by atoms with van der Waals surface area (Å²) in [4.78, 5) is 0. The molecule has 1 rings (SSSR count). The van der Waals surface area contributed by atoms with E-state index in [1.165, 1.54) is 0 Å². The second-order valence-corrected chi connectivity index (χ2v) is 3.05. The summed E-state index contributed by atoms with van der Waals surface area (Å²) in [6.07, 6.45) is 3.87. The van der Waals surface area contributed by atoms with Gasteiger partial charge in [-0.2, -0.15) is 5.10 Å². The lowest BCUT2D eigenvalue weighted by Gasteiger charge is -1.91. The van der Waals surface area contributed by atoms with Crippen LogP contribution in [0.4, 0.5) is 0 Å². The molecule has 0 aliphatic rings. The van der Waals surface area contributed by atoms with Crippen molar-refractivity contribution in [3.63, 3.8) is 0 Å². The molecule has 12 heavy (non-hydrogen) atoms. The van der Waals surface area contributed by atoms with Crippen molar-refractivity contribution in [2.45, 2.75) is 19.9 Å². The van der Waals surface area contributed by atoms with Gasteiger partial charge in [0.1, 0.15) is 0 Å². The van der Waals surface area contributed by atoms with Gasteiger partial charge in [0.25, 0.3) is 0 Å². The van der Waals surface area contributed by atoms with Crippen LogP contribution in [0, 0.1) is 6.92 Å². The predicted molar refractivity (Wildman–Crippen MR) is 50.6 cm³/mol. The van der Waals surface area contributed by atoms with E-state index < -0.39 is 0 Å². The summed E-state index contributed by atoms with van der Waals surface area (Å²) in [5.74, 6) is 0. The van der Waals surface area contributed by atoms with Gasteiger partial charge in [0, 0.05) is 18.8 Å². The Bertz CT molecular complexity index is 264. The van der Waals surface area contributed by atoms with Crippen LogP contribution in [-0.2, 0) is 7.05 Å². The molecule has 0 saturated heterocycles. The maximum atomic E-state index is 5.56. The highest BCUT2D eigenvalue weighted by Gasteiger charge is 1.96. The summed E-state index contributed by atoms with van der Waals surface area (Å²) in [6, 6.07) is 2.12. The van der Waals surface area contributed by atoms with Crippen LogP contribution in [0.25, 0.3) is 6.08 Å². The highest BCUT2D eigenvalue weighted by molar-refractivity contribution is 5.45. The minimum Gasteiger partial charge on any atom is -0.325 e. The van der Waals surface area contributed by atoms with Crippen LogP contribution in [-0.4, -0.2) is 15.8 Å². The maximum Gasteiger partial charge on any atom is 0.0850 e. The molecule has 3 nitrogen and oxygen atoms in total. The van der Waals surface area contributed by atoms with Crippen LogP contribution >= 0.6 is 0 Å². The fourth-order valence-electron chi connectivity index (χ4n) is 0.920. The first-order valence-electron chi connectivity index (χ1n) is 4.04. The van der Waals surface area contributed by atoms with E-state index in [4.69, 9.17) is 5.73 Å². The van der Waals surface area contributed by atoms with Crippen molar-refractivity contribution in [2.75, 3.05) is 0 Å². The van der Waals surface area contributed by atoms with E-state index in [0.29, 0.717) is 0 Å². The first-order chi connectivity index (χ1) is 5.59. The van der Waals surface area contributed by atoms with Gasteiger partial charge in [-0.3, -0.25) is 4.68 Å². The molecule has 1 atom stereocenters. The molecule has 0 radical (unpaired) electrons. The predicted octanol–water partition coefficient (Wildman–Crippen LogP) is 1.09. The molecule has 1 unspecified atom stereocenters. The van der Waals surface area contributed by atoms with Crippen LogP contribution in [0.5, 0.6) is 0 Å². The standard InChI is InChI=1S/C9H15N3/c1-7(10)4-5-9-6-8(2)12(3)11-9/h4-7H,10H2,1-3H3/b5-4+. The second-order valence-electron chi connectivity index (χ2n) is 3.05. The number of nitrogens with zero attached hydrogens (tertiary/aromatic N) is 2. The Kier molecular flexibility index (Phi) is 2.65. The first-order valence-corrected chi connectivity index (χ1v) is 4.04. The summed E-state index contributed by atoms with van der Waals surface area (Å²) >= 11 is 0. The van der Waals surface area contributed by atoms with Gasteiger partial charge < -0.3 is 5.73 Å². The molecule has 0 spiro atoms. The number of hydrogen-bond acceptors (Lipinski definition) is 2. The third kappa shape index (κ3) is 2.20. The summed E-state index contributed by atoms with van der Waals surface area (Å²) < 4.78 is 1.85. The van der Waals surface area contributed by atoms with E-state index >= 15 is 0 Å². The van der Waals surface area contributed by atoms with Crippen molar-refractivity contribution in [1.29, 1.82) is 0 Å². The minimum absolute atomic E-state index is 0.0901. The first kappa shape index (κ1) is 9.00. The average molecular weight is 165 g/mol. The zero-order chi connectivity index (χ0) is 9.14. The van der Waals surface area contributed by atoms with Gasteiger partial charge in [-0.1, -0.05) is 6.08 Å². The van der Waals surface area contributed by atoms with Crippen molar-refractivity contribution in [3.05, 3.63) is 23.5 Å². The lowest BCUT2D eigenvalue weighted by Crippen LogP contribution is -2.09. The molecule has 1 aromatic heterocycles. The van der Waals surface area contributed by atoms with Crippen molar-refractivity contribution in [3.8, 4) is 0 Å². The molecule has 0 bridgehead atoms. The topological polar surface area (TPSA) is 43.8 Å². The van der Waals surface area contributed by atoms with Crippen LogP contribution in [0.15, 0.2) is 12.1 Å². The highest BCUT2D eigenvalue weighted by Crippen LogP contribution is 2.03. The van der Waals surface area contributed by atoms with Crippen LogP contribution in [0.2, 0.25) is 0 Å². The largest absolute Gasteiger partial charge is 0.325 e. The number of rotatable bonds is 2. The van der Waals surface area contributed by atoms with Gasteiger partial charge >= 0.3 is 0 Å². The number of aromatic nitrogens is 2. The molecule has 0 aliphatic heterocycles.